The van der Waals surface area contributed by atoms with Crippen molar-refractivity contribution in [3.05, 3.63) is 40.5 Å². The molecule has 1 atom stereocenters. The highest BCUT2D eigenvalue weighted by atomic mass is 32.1. The number of hydrogen-bond donors (Lipinski definition) is 2. The van der Waals surface area contributed by atoms with E-state index in [2.05, 4.69) is 22.2 Å². The summed E-state index contributed by atoms with van der Waals surface area (Å²) in [6.07, 6.45) is 6.40. The molecule has 3 aromatic rings. The molecule has 28 heavy (non-hydrogen) atoms. The number of nitrogens with one attached hydrogen (secondary N) is 1. The maximum Gasteiger partial charge on any atom is 0.161 e. The lowest BCUT2D eigenvalue weighted by molar-refractivity contribution is 0.196. The first-order chi connectivity index (χ1) is 13.7. The van der Waals surface area contributed by atoms with Crippen LogP contribution in [0.4, 0.5) is 5.82 Å². The van der Waals surface area contributed by atoms with Crippen LogP contribution in [0.15, 0.2) is 24.5 Å². The van der Waals surface area contributed by atoms with E-state index in [0.29, 0.717) is 11.5 Å². The van der Waals surface area contributed by atoms with Crippen molar-refractivity contribution in [1.29, 1.82) is 0 Å². The van der Waals surface area contributed by atoms with Crippen molar-refractivity contribution in [1.82, 2.24) is 9.97 Å². The van der Waals surface area contributed by atoms with Gasteiger partial charge in [0.1, 0.15) is 23.6 Å². The number of aryl methyl sites for hydroxylation is 2. The zero-order valence-electron chi connectivity index (χ0n) is 16.2. The van der Waals surface area contributed by atoms with Gasteiger partial charge in [-0.2, -0.15) is 0 Å². The predicted octanol–water partition coefficient (Wildman–Crippen LogP) is 4.12. The number of ether oxygens (including phenoxy) is 2. The van der Waals surface area contributed by atoms with Gasteiger partial charge in [0.15, 0.2) is 11.5 Å². The Kier molecular flexibility index (Phi) is 5.64. The number of benzene rings is 1. The molecule has 2 heterocycles. The van der Waals surface area contributed by atoms with Crippen LogP contribution < -0.4 is 14.8 Å². The normalized spacial score (nSPS) is 14.5. The average molecular weight is 400 g/mol. The highest BCUT2D eigenvalue weighted by molar-refractivity contribution is 7.19. The fourth-order valence-corrected chi connectivity index (χ4v) is 4.95. The van der Waals surface area contributed by atoms with Crippen molar-refractivity contribution in [3.63, 3.8) is 0 Å². The van der Waals surface area contributed by atoms with E-state index in [9.17, 15) is 0 Å². The summed E-state index contributed by atoms with van der Waals surface area (Å²) in [4.78, 5) is 11.6. The largest absolute Gasteiger partial charge is 0.493 e. The number of aromatic nitrogens is 2. The summed E-state index contributed by atoms with van der Waals surface area (Å²) >= 11 is 1.80. The summed E-state index contributed by atoms with van der Waals surface area (Å²) < 4.78 is 11.0. The number of hydrogen-bond acceptors (Lipinski definition) is 7. The molecule has 0 saturated heterocycles. The Morgan fingerprint density at radius 1 is 1.21 bits per heavy atom. The number of thiophene rings is 1. The molecule has 0 amide bonds. The van der Waals surface area contributed by atoms with Crippen molar-refractivity contribution < 1.29 is 14.6 Å². The third-order valence-electron chi connectivity index (χ3n) is 5.14. The molecule has 4 rings (SSSR count). The molecule has 2 aromatic heterocycles. The van der Waals surface area contributed by atoms with Crippen LogP contribution in [-0.2, 0) is 12.8 Å². The highest BCUT2D eigenvalue weighted by Gasteiger charge is 2.21. The molecule has 148 valence electrons. The van der Waals surface area contributed by atoms with E-state index < -0.39 is 0 Å². The van der Waals surface area contributed by atoms with Crippen LogP contribution in [-0.4, -0.2) is 35.4 Å². The van der Waals surface area contributed by atoms with Gasteiger partial charge in [0, 0.05) is 4.88 Å². The quantitative estimate of drug-likeness (QED) is 0.622. The van der Waals surface area contributed by atoms with Gasteiger partial charge in [0.2, 0.25) is 0 Å². The fourth-order valence-electron chi connectivity index (χ4n) is 3.72. The summed E-state index contributed by atoms with van der Waals surface area (Å²) in [5.74, 6) is 2.18. The first kappa shape index (κ1) is 19.0. The lowest BCUT2D eigenvalue weighted by Gasteiger charge is -2.19. The molecule has 0 saturated carbocycles. The van der Waals surface area contributed by atoms with Gasteiger partial charge in [0.05, 0.1) is 25.1 Å². The molecule has 0 bridgehead atoms. The topological polar surface area (TPSA) is 76.5 Å². The zero-order chi connectivity index (χ0) is 19.5. The van der Waals surface area contributed by atoms with Crippen molar-refractivity contribution in [2.75, 3.05) is 25.6 Å². The summed E-state index contributed by atoms with van der Waals surface area (Å²) in [5.41, 5.74) is 2.50. The number of aliphatic hydroxyl groups excluding tert-OH is 1. The van der Waals surface area contributed by atoms with Crippen molar-refractivity contribution in [2.45, 2.75) is 38.6 Å². The Labute approximate surface area is 168 Å². The van der Waals surface area contributed by atoms with Crippen molar-refractivity contribution in [2.24, 2.45) is 0 Å². The van der Waals surface area contributed by atoms with Crippen LogP contribution in [0.1, 0.15) is 41.8 Å². The minimum absolute atomic E-state index is 0.0302. The van der Waals surface area contributed by atoms with Gasteiger partial charge in [-0.25, -0.2) is 9.97 Å². The smallest absolute Gasteiger partial charge is 0.161 e. The van der Waals surface area contributed by atoms with E-state index in [1.54, 1.807) is 24.8 Å². The number of aliphatic hydroxyl groups is 1. The van der Waals surface area contributed by atoms with Gasteiger partial charge >= 0.3 is 0 Å². The van der Waals surface area contributed by atoms with E-state index in [4.69, 9.17) is 14.6 Å². The van der Waals surface area contributed by atoms with Crippen molar-refractivity contribution in [3.8, 4) is 11.5 Å². The van der Waals surface area contributed by atoms with Gasteiger partial charge in [-0.1, -0.05) is 6.07 Å². The van der Waals surface area contributed by atoms with E-state index in [-0.39, 0.29) is 19.3 Å². The molecule has 1 aliphatic carbocycles. The molecule has 6 nitrogen and oxygen atoms in total. The van der Waals surface area contributed by atoms with E-state index in [0.717, 1.165) is 29.1 Å². The molecule has 1 aliphatic rings. The minimum Gasteiger partial charge on any atom is -0.493 e. The van der Waals surface area contributed by atoms with Crippen LogP contribution in [0.25, 0.3) is 10.2 Å². The number of anilines is 1. The van der Waals surface area contributed by atoms with Crippen LogP contribution >= 0.6 is 11.3 Å². The minimum atomic E-state index is -0.0302. The van der Waals surface area contributed by atoms with Crippen LogP contribution in [0.5, 0.6) is 11.5 Å². The van der Waals surface area contributed by atoms with Gasteiger partial charge in [-0.15, -0.1) is 11.3 Å². The lowest BCUT2D eigenvalue weighted by Crippen LogP contribution is -2.10. The van der Waals surface area contributed by atoms with Crippen LogP contribution in [0.2, 0.25) is 0 Å². The van der Waals surface area contributed by atoms with Gasteiger partial charge in [-0.05, 0) is 55.9 Å². The van der Waals surface area contributed by atoms with Gasteiger partial charge in [-0.3, -0.25) is 0 Å². The van der Waals surface area contributed by atoms with Crippen molar-refractivity contribution >= 4 is 27.4 Å². The van der Waals surface area contributed by atoms with E-state index in [1.807, 2.05) is 18.2 Å². The molecule has 7 heteroatoms. The van der Waals surface area contributed by atoms with Gasteiger partial charge < -0.3 is 19.9 Å². The monoisotopic (exact) mass is 399 g/mol. The molecule has 0 fully saturated rings. The molecule has 1 aromatic carbocycles. The van der Waals surface area contributed by atoms with E-state index in [1.165, 1.54) is 28.7 Å². The Balaban J connectivity index is 1.62. The maximum atomic E-state index is 8.96. The SMILES string of the molecule is COc1cc(C(C)Nc2ncnc3sc4c(c23)CCCC4)ccc1OCCO. The molecule has 0 radical (unpaired) electrons. The Bertz CT molecular complexity index is 973. The first-order valence-corrected chi connectivity index (χ1v) is 10.5. The second-order valence-corrected chi connectivity index (χ2v) is 8.05. The first-order valence-electron chi connectivity index (χ1n) is 9.64. The second-order valence-electron chi connectivity index (χ2n) is 6.96. The third-order valence-corrected chi connectivity index (χ3v) is 6.34. The average Bonchev–Trinajstić information content (AvgIpc) is 3.11. The Morgan fingerprint density at radius 2 is 2.07 bits per heavy atom. The lowest BCUT2D eigenvalue weighted by atomic mass is 9.97. The maximum absolute atomic E-state index is 8.96. The molecular weight excluding hydrogens is 374 g/mol. The third kappa shape index (κ3) is 3.64. The number of rotatable bonds is 7. The van der Waals surface area contributed by atoms with Crippen LogP contribution in [0, 0.1) is 0 Å². The summed E-state index contributed by atoms with van der Waals surface area (Å²) in [6.45, 7) is 2.32. The standard InChI is InChI=1S/C21H25N3O3S/c1-13(14-7-8-16(27-10-9-25)17(11-14)26-2)24-20-19-15-5-3-4-6-18(15)28-21(19)23-12-22-20/h7-8,11-13,25H,3-6,9-10H2,1-2H3,(H,22,23,24). The fraction of sp³-hybridized carbons (Fsp3) is 0.429. The Morgan fingerprint density at radius 3 is 2.89 bits per heavy atom. The zero-order valence-corrected chi connectivity index (χ0v) is 17.0. The summed E-state index contributed by atoms with van der Waals surface area (Å²) in [5, 5.41) is 13.7. The second kappa shape index (κ2) is 8.32. The predicted molar refractivity (Wildman–Crippen MR) is 112 cm³/mol. The highest BCUT2D eigenvalue weighted by Crippen LogP contribution is 2.39. The summed E-state index contributed by atoms with van der Waals surface area (Å²) in [7, 11) is 1.62. The van der Waals surface area contributed by atoms with E-state index >= 15 is 0 Å². The summed E-state index contributed by atoms with van der Waals surface area (Å²) in [6, 6.07) is 5.89. The molecule has 1 unspecified atom stereocenters. The molecule has 0 aliphatic heterocycles. The Hall–Kier alpha value is -2.38. The molecule has 2 N–H and O–H groups in total. The molecular formula is C21H25N3O3S. The number of methoxy groups -OCH3 is 1. The number of nitrogens with zero attached hydrogens (tertiary/aromatic N) is 2. The van der Waals surface area contributed by atoms with Gasteiger partial charge in [0.25, 0.3) is 0 Å². The van der Waals surface area contributed by atoms with Crippen LogP contribution in [0.3, 0.4) is 0 Å². The molecule has 0 spiro atoms. The number of fused-ring (bicyclic) bond motifs is 3.